The van der Waals surface area contributed by atoms with Gasteiger partial charge in [0.1, 0.15) is 6.04 Å². The highest BCUT2D eigenvalue weighted by Gasteiger charge is 2.35. The molecule has 1 atom stereocenters. The van der Waals surface area contributed by atoms with Gasteiger partial charge in [-0.2, -0.15) is 0 Å². The van der Waals surface area contributed by atoms with Crippen LogP contribution in [0.5, 0.6) is 0 Å². The van der Waals surface area contributed by atoms with E-state index in [0.717, 1.165) is 19.3 Å². The molecule has 1 aliphatic heterocycles. The molecule has 0 aliphatic carbocycles. The predicted molar refractivity (Wildman–Crippen MR) is 89.0 cm³/mol. The van der Waals surface area contributed by atoms with Gasteiger partial charge >= 0.3 is 0 Å². The monoisotopic (exact) mass is 318 g/mol. The van der Waals surface area contributed by atoms with Gasteiger partial charge in [0.15, 0.2) is 0 Å². The summed E-state index contributed by atoms with van der Waals surface area (Å²) in [6.45, 7) is 3.93. The number of benzene rings is 1. The molecule has 1 saturated heterocycles. The highest BCUT2D eigenvalue weighted by atomic mass is 16.5. The quantitative estimate of drug-likeness (QED) is 0.686. The lowest BCUT2D eigenvalue weighted by atomic mass is 10.1. The number of rotatable bonds is 8. The molecule has 0 bridgehead atoms. The van der Waals surface area contributed by atoms with Gasteiger partial charge in [0.2, 0.25) is 11.8 Å². The molecular formula is C18H26N2O3. The lowest BCUT2D eigenvalue weighted by molar-refractivity contribution is -0.155. The van der Waals surface area contributed by atoms with Crippen molar-refractivity contribution in [2.24, 2.45) is 0 Å². The van der Waals surface area contributed by atoms with Crippen LogP contribution in [0, 0.1) is 0 Å². The van der Waals surface area contributed by atoms with E-state index in [0.29, 0.717) is 19.7 Å². The number of amides is 2. The Morgan fingerprint density at radius 3 is 2.57 bits per heavy atom. The first kappa shape index (κ1) is 17.5. The van der Waals surface area contributed by atoms with Gasteiger partial charge in [-0.05, 0) is 31.7 Å². The molecule has 0 unspecified atom stereocenters. The summed E-state index contributed by atoms with van der Waals surface area (Å²) >= 11 is 0. The molecule has 1 aromatic rings. The summed E-state index contributed by atoms with van der Waals surface area (Å²) < 4.78 is 5.02. The van der Waals surface area contributed by atoms with Gasteiger partial charge in [0.05, 0.1) is 6.54 Å². The minimum absolute atomic E-state index is 0.0441. The van der Waals surface area contributed by atoms with Crippen LogP contribution in [0.1, 0.15) is 25.3 Å². The lowest BCUT2D eigenvalue weighted by Gasteiger charge is -2.38. The number of hydrogen-bond acceptors (Lipinski definition) is 3. The Balaban J connectivity index is 1.86. The summed E-state index contributed by atoms with van der Waals surface area (Å²) in [4.78, 5) is 28.2. The number of unbranched alkanes of at least 4 members (excludes halogenated alkanes) is 1. The van der Waals surface area contributed by atoms with Crippen LogP contribution in [0.25, 0.3) is 0 Å². The molecule has 0 spiro atoms. The molecule has 1 aliphatic rings. The molecule has 1 aromatic carbocycles. The molecule has 1 fully saturated rings. The van der Waals surface area contributed by atoms with Gasteiger partial charge in [0.25, 0.3) is 0 Å². The maximum Gasteiger partial charge on any atom is 0.245 e. The summed E-state index contributed by atoms with van der Waals surface area (Å²) in [5.74, 6) is 0.0925. The Morgan fingerprint density at radius 1 is 1.13 bits per heavy atom. The summed E-state index contributed by atoms with van der Waals surface area (Å²) in [6.07, 6.45) is 2.54. The first-order valence-electron chi connectivity index (χ1n) is 8.24. The third-order valence-corrected chi connectivity index (χ3v) is 4.29. The van der Waals surface area contributed by atoms with E-state index in [9.17, 15) is 9.59 Å². The average molecular weight is 318 g/mol. The Morgan fingerprint density at radius 2 is 1.87 bits per heavy atom. The van der Waals surface area contributed by atoms with E-state index in [1.807, 2.05) is 37.3 Å². The summed E-state index contributed by atoms with van der Waals surface area (Å²) in [6, 6.07) is 9.67. The molecule has 0 radical (unpaired) electrons. The zero-order chi connectivity index (χ0) is 16.7. The van der Waals surface area contributed by atoms with Crippen molar-refractivity contribution in [3.8, 4) is 0 Å². The van der Waals surface area contributed by atoms with Gasteiger partial charge in [0, 0.05) is 26.8 Å². The minimum atomic E-state index is -0.366. The maximum atomic E-state index is 12.5. The standard InChI is InChI=1S/C18H26N2O3/c1-15-18(22)19(12-10-16-8-4-3-5-9-16)14-17(21)20(15)11-6-7-13-23-2/h3-5,8-9,15H,6-7,10-14H2,1-2H3/t15-/m1/s1. The van der Waals surface area contributed by atoms with Gasteiger partial charge in [-0.15, -0.1) is 0 Å². The molecule has 5 nitrogen and oxygen atoms in total. The van der Waals surface area contributed by atoms with Gasteiger partial charge < -0.3 is 14.5 Å². The van der Waals surface area contributed by atoms with Crippen LogP contribution in [-0.4, -0.2) is 61.0 Å². The van der Waals surface area contributed by atoms with Crippen molar-refractivity contribution in [2.45, 2.75) is 32.2 Å². The third kappa shape index (κ3) is 4.79. The Bertz CT molecular complexity index is 518. The maximum absolute atomic E-state index is 12.5. The number of piperazine rings is 1. The number of nitrogens with zero attached hydrogens (tertiary/aromatic N) is 2. The summed E-state index contributed by atoms with van der Waals surface area (Å²) in [5.41, 5.74) is 1.18. The Hall–Kier alpha value is -1.88. The number of ether oxygens (including phenoxy) is 1. The average Bonchev–Trinajstić information content (AvgIpc) is 2.57. The first-order valence-corrected chi connectivity index (χ1v) is 8.24. The largest absolute Gasteiger partial charge is 0.385 e. The van der Waals surface area contributed by atoms with E-state index >= 15 is 0 Å². The molecule has 0 saturated carbocycles. The molecule has 2 rings (SSSR count). The second kappa shape index (κ2) is 8.67. The second-order valence-electron chi connectivity index (χ2n) is 5.96. The molecule has 23 heavy (non-hydrogen) atoms. The normalized spacial score (nSPS) is 18.6. The van der Waals surface area contributed by atoms with Crippen LogP contribution in [0.2, 0.25) is 0 Å². The highest BCUT2D eigenvalue weighted by molar-refractivity contribution is 5.94. The lowest BCUT2D eigenvalue weighted by Crippen LogP contribution is -2.59. The number of methoxy groups -OCH3 is 1. The summed E-state index contributed by atoms with van der Waals surface area (Å²) in [7, 11) is 1.67. The van der Waals surface area contributed by atoms with E-state index in [2.05, 4.69) is 0 Å². The smallest absolute Gasteiger partial charge is 0.245 e. The van der Waals surface area contributed by atoms with Crippen molar-refractivity contribution in [1.29, 1.82) is 0 Å². The van der Waals surface area contributed by atoms with E-state index in [4.69, 9.17) is 4.74 Å². The Kier molecular flexibility index (Phi) is 6.59. The van der Waals surface area contributed by atoms with Crippen LogP contribution in [0.15, 0.2) is 30.3 Å². The van der Waals surface area contributed by atoms with Gasteiger partial charge in [-0.25, -0.2) is 0 Å². The predicted octanol–water partition coefficient (Wildman–Crippen LogP) is 1.71. The molecular weight excluding hydrogens is 292 g/mol. The second-order valence-corrected chi connectivity index (χ2v) is 5.96. The SMILES string of the molecule is COCCCCN1C(=O)CN(CCc2ccccc2)C(=O)[C@H]1C. The third-order valence-electron chi connectivity index (χ3n) is 4.29. The first-order chi connectivity index (χ1) is 11.1. The topological polar surface area (TPSA) is 49.9 Å². The van der Waals surface area contributed by atoms with Crippen LogP contribution in [-0.2, 0) is 20.7 Å². The van der Waals surface area contributed by atoms with Gasteiger partial charge in [-0.3, -0.25) is 9.59 Å². The fourth-order valence-electron chi connectivity index (χ4n) is 2.89. The van der Waals surface area contributed by atoms with Crippen LogP contribution >= 0.6 is 0 Å². The fraction of sp³-hybridized carbons (Fsp3) is 0.556. The minimum Gasteiger partial charge on any atom is -0.385 e. The van der Waals surface area contributed by atoms with E-state index in [1.165, 1.54) is 5.56 Å². The zero-order valence-corrected chi connectivity index (χ0v) is 14.0. The van der Waals surface area contributed by atoms with Crippen LogP contribution in [0.4, 0.5) is 0 Å². The van der Waals surface area contributed by atoms with Crippen LogP contribution in [0.3, 0.4) is 0 Å². The Labute approximate surface area is 138 Å². The summed E-state index contributed by atoms with van der Waals surface area (Å²) in [5, 5.41) is 0. The molecule has 126 valence electrons. The highest BCUT2D eigenvalue weighted by Crippen LogP contribution is 2.14. The molecule has 2 amide bonds. The van der Waals surface area contributed by atoms with Crippen LogP contribution < -0.4 is 0 Å². The molecule has 0 N–H and O–H groups in total. The van der Waals surface area contributed by atoms with Crippen molar-refractivity contribution in [1.82, 2.24) is 9.80 Å². The van der Waals surface area contributed by atoms with Crippen molar-refractivity contribution in [3.05, 3.63) is 35.9 Å². The number of carbonyl (C=O) groups is 2. The van der Waals surface area contributed by atoms with E-state index in [1.54, 1.807) is 16.9 Å². The molecule has 5 heteroatoms. The van der Waals surface area contributed by atoms with Gasteiger partial charge in [-0.1, -0.05) is 30.3 Å². The number of carbonyl (C=O) groups excluding carboxylic acids is 2. The molecule has 1 heterocycles. The fourth-order valence-corrected chi connectivity index (χ4v) is 2.89. The van der Waals surface area contributed by atoms with Crippen molar-refractivity contribution in [2.75, 3.05) is 33.4 Å². The van der Waals surface area contributed by atoms with E-state index < -0.39 is 0 Å². The van der Waals surface area contributed by atoms with E-state index in [-0.39, 0.29) is 24.4 Å². The number of hydrogen-bond donors (Lipinski definition) is 0. The van der Waals surface area contributed by atoms with Crippen molar-refractivity contribution in [3.63, 3.8) is 0 Å². The van der Waals surface area contributed by atoms with Crippen molar-refractivity contribution < 1.29 is 14.3 Å². The van der Waals surface area contributed by atoms with Crippen molar-refractivity contribution >= 4 is 11.8 Å². The zero-order valence-electron chi connectivity index (χ0n) is 14.0. The molecule has 0 aromatic heterocycles.